The number of anilines is 1. The van der Waals surface area contributed by atoms with Gasteiger partial charge in [-0.2, -0.15) is 5.26 Å². The molecule has 1 atom stereocenters. The van der Waals surface area contributed by atoms with Crippen molar-refractivity contribution in [3.63, 3.8) is 0 Å². The molecule has 1 amide bonds. The molecule has 0 spiro atoms. The highest BCUT2D eigenvalue weighted by molar-refractivity contribution is 14.1. The number of benzene rings is 3. The predicted octanol–water partition coefficient (Wildman–Crippen LogP) is 6.49. The highest BCUT2D eigenvalue weighted by atomic mass is 127. The number of nitriles is 1. The molecule has 0 fully saturated rings. The number of nitrogens with one attached hydrogen (secondary N) is 1. The minimum Gasteiger partial charge on any atom is -0.871 e. The molecule has 0 saturated heterocycles. The topological polar surface area (TPSA) is 76.0 Å². The van der Waals surface area contributed by atoms with E-state index in [0.29, 0.717) is 24.9 Å². The van der Waals surface area contributed by atoms with Gasteiger partial charge in [0.15, 0.2) is 0 Å². The molecule has 1 N–H and O–H groups in total. The first kappa shape index (κ1) is 23.1. The molecule has 0 radical (unpaired) electrons. The van der Waals surface area contributed by atoms with Crippen LogP contribution in [0.25, 0.3) is 0 Å². The Kier molecular flexibility index (Phi) is 7.50. The zero-order valence-electron chi connectivity index (χ0n) is 15.5. The Morgan fingerprint density at radius 3 is 2.43 bits per heavy atom. The number of carbonyl (C=O) groups is 1. The van der Waals surface area contributed by atoms with Crippen LogP contribution in [-0.4, -0.2) is 5.91 Å². The van der Waals surface area contributed by atoms with Gasteiger partial charge >= 0.3 is 0 Å². The van der Waals surface area contributed by atoms with Crippen LogP contribution >= 0.6 is 68.4 Å². The summed E-state index contributed by atoms with van der Waals surface area (Å²) in [7, 11) is 0. The van der Waals surface area contributed by atoms with Crippen LogP contribution in [-0.2, 0) is 0 Å². The molecule has 1 unspecified atom stereocenters. The first-order chi connectivity index (χ1) is 14.2. The van der Waals surface area contributed by atoms with Crippen LogP contribution in [0.2, 0.25) is 10.0 Å². The van der Waals surface area contributed by atoms with E-state index in [9.17, 15) is 15.2 Å². The summed E-state index contributed by atoms with van der Waals surface area (Å²) in [4.78, 5) is 12.7. The summed E-state index contributed by atoms with van der Waals surface area (Å²) in [5, 5.41) is 25.7. The molecule has 3 rings (SSSR count). The number of aryl methyl sites for hydroxylation is 1. The van der Waals surface area contributed by atoms with E-state index < -0.39 is 11.8 Å². The number of halogens is 4. The molecule has 0 aromatic heterocycles. The van der Waals surface area contributed by atoms with Gasteiger partial charge in [-0.25, -0.2) is 0 Å². The molecule has 0 aliphatic carbocycles. The largest absolute Gasteiger partial charge is 0.871 e. The number of amides is 1. The lowest BCUT2D eigenvalue weighted by Crippen LogP contribution is -2.16. The van der Waals surface area contributed by atoms with Crippen molar-refractivity contribution in [3.8, 4) is 11.8 Å². The summed E-state index contributed by atoms with van der Waals surface area (Å²) < 4.78 is 1.28. The number of rotatable bonds is 4. The van der Waals surface area contributed by atoms with E-state index in [1.54, 1.807) is 48.5 Å². The monoisotopic (exact) mass is 661 g/mol. The van der Waals surface area contributed by atoms with Gasteiger partial charge in [-0.05, 0) is 99.1 Å². The Bertz CT molecular complexity index is 1180. The van der Waals surface area contributed by atoms with Crippen LogP contribution in [0.1, 0.15) is 33.0 Å². The third kappa shape index (κ3) is 5.02. The molecule has 0 heterocycles. The Morgan fingerprint density at radius 2 is 1.80 bits per heavy atom. The van der Waals surface area contributed by atoms with Gasteiger partial charge in [0, 0.05) is 28.4 Å². The molecule has 152 valence electrons. The molecule has 0 aliphatic heterocycles. The summed E-state index contributed by atoms with van der Waals surface area (Å²) >= 11 is 16.4. The first-order valence-electron chi connectivity index (χ1n) is 8.63. The van der Waals surface area contributed by atoms with Crippen molar-refractivity contribution in [1.29, 1.82) is 5.26 Å². The lowest BCUT2D eigenvalue weighted by molar-refractivity contribution is -0.270. The van der Waals surface area contributed by atoms with Crippen molar-refractivity contribution in [2.75, 3.05) is 5.32 Å². The van der Waals surface area contributed by atoms with Crippen LogP contribution in [0.15, 0.2) is 48.5 Å². The SMILES string of the molecule is Cc1cc(C(C#N)c2ccc(Cl)cc2)c(Cl)cc1NC(=O)c1cc(I)cc(I)c1[O-]. The number of hydrogen-bond acceptors (Lipinski definition) is 3. The quantitative estimate of drug-likeness (QED) is 0.325. The second kappa shape index (κ2) is 9.73. The van der Waals surface area contributed by atoms with E-state index in [-0.39, 0.29) is 11.3 Å². The minimum atomic E-state index is -0.580. The lowest BCUT2D eigenvalue weighted by atomic mass is 9.91. The zero-order valence-corrected chi connectivity index (χ0v) is 21.3. The standard InChI is InChI=1S/C22H14Cl2I2N2O2/c1-11-6-15(17(10-27)12-2-4-13(23)5-3-12)18(24)9-20(11)28-22(30)16-7-14(25)8-19(26)21(16)29/h2-9,17,29H,1H3,(H,28,30)/p-1. The van der Waals surface area contributed by atoms with Gasteiger partial charge < -0.3 is 10.4 Å². The van der Waals surface area contributed by atoms with Crippen LogP contribution in [0.4, 0.5) is 5.69 Å². The van der Waals surface area contributed by atoms with E-state index in [4.69, 9.17) is 23.2 Å². The van der Waals surface area contributed by atoms with E-state index in [0.717, 1.165) is 14.7 Å². The lowest BCUT2D eigenvalue weighted by Gasteiger charge is -2.18. The van der Waals surface area contributed by atoms with Gasteiger partial charge in [0.2, 0.25) is 0 Å². The molecule has 0 saturated carbocycles. The fourth-order valence-electron chi connectivity index (χ4n) is 2.96. The fourth-order valence-corrected chi connectivity index (χ4v) is 5.20. The average molecular weight is 662 g/mol. The van der Waals surface area contributed by atoms with Crippen molar-refractivity contribution in [1.82, 2.24) is 0 Å². The molecule has 3 aromatic carbocycles. The second-order valence-corrected chi connectivity index (χ2v) is 9.77. The van der Waals surface area contributed by atoms with E-state index in [2.05, 4.69) is 34.0 Å². The van der Waals surface area contributed by atoms with Gasteiger partial charge in [0.1, 0.15) is 0 Å². The maximum absolute atomic E-state index is 12.7. The van der Waals surface area contributed by atoms with Crippen LogP contribution in [0, 0.1) is 25.4 Å². The molecular weight excluding hydrogens is 649 g/mol. The molecule has 30 heavy (non-hydrogen) atoms. The summed E-state index contributed by atoms with van der Waals surface area (Å²) in [6, 6.07) is 15.9. The molecule has 3 aromatic rings. The third-order valence-electron chi connectivity index (χ3n) is 4.49. The van der Waals surface area contributed by atoms with Crippen molar-refractivity contribution < 1.29 is 9.90 Å². The van der Waals surface area contributed by atoms with Gasteiger partial charge in [-0.15, -0.1) is 0 Å². The van der Waals surface area contributed by atoms with Gasteiger partial charge in [0.05, 0.1) is 12.0 Å². The molecule has 8 heteroatoms. The molecule has 0 bridgehead atoms. The normalized spacial score (nSPS) is 11.6. The summed E-state index contributed by atoms with van der Waals surface area (Å²) in [5.41, 5.74) is 2.68. The van der Waals surface area contributed by atoms with Gasteiger partial charge in [-0.1, -0.05) is 47.2 Å². The van der Waals surface area contributed by atoms with Crippen LogP contribution < -0.4 is 10.4 Å². The highest BCUT2D eigenvalue weighted by Crippen LogP contribution is 2.35. The van der Waals surface area contributed by atoms with Crippen molar-refractivity contribution in [3.05, 3.63) is 88.0 Å². The van der Waals surface area contributed by atoms with Gasteiger partial charge in [0.25, 0.3) is 5.91 Å². The molecule has 4 nitrogen and oxygen atoms in total. The van der Waals surface area contributed by atoms with E-state index >= 15 is 0 Å². The van der Waals surface area contributed by atoms with Crippen molar-refractivity contribution in [2.45, 2.75) is 12.8 Å². The Morgan fingerprint density at radius 1 is 1.13 bits per heavy atom. The Hall–Kier alpha value is -1.54. The Balaban J connectivity index is 1.94. The van der Waals surface area contributed by atoms with Crippen LogP contribution in [0.3, 0.4) is 0 Å². The smallest absolute Gasteiger partial charge is 0.255 e. The van der Waals surface area contributed by atoms with E-state index in [1.165, 1.54) is 0 Å². The summed E-state index contributed by atoms with van der Waals surface area (Å²) in [6.45, 7) is 1.81. The molecule has 0 aliphatic rings. The summed E-state index contributed by atoms with van der Waals surface area (Å²) in [5.74, 6) is -1.40. The third-order valence-corrected chi connectivity index (χ3v) is 6.49. The fraction of sp³-hybridized carbons (Fsp3) is 0.0909. The van der Waals surface area contributed by atoms with Crippen molar-refractivity contribution >= 4 is 80.0 Å². The maximum Gasteiger partial charge on any atom is 0.255 e. The maximum atomic E-state index is 12.7. The van der Waals surface area contributed by atoms with Crippen molar-refractivity contribution in [2.24, 2.45) is 0 Å². The van der Waals surface area contributed by atoms with Gasteiger partial charge in [-0.3, -0.25) is 4.79 Å². The number of carbonyl (C=O) groups excluding carboxylic acids is 1. The Labute approximate surface area is 211 Å². The molecular formula is C22H13Cl2I2N2O2-. The predicted molar refractivity (Wildman–Crippen MR) is 134 cm³/mol. The average Bonchev–Trinajstić information content (AvgIpc) is 2.70. The first-order valence-corrected chi connectivity index (χ1v) is 11.5. The number of nitrogens with zero attached hydrogens (tertiary/aromatic N) is 1. The van der Waals surface area contributed by atoms with Crippen LogP contribution in [0.5, 0.6) is 5.75 Å². The van der Waals surface area contributed by atoms with E-state index in [1.807, 2.05) is 29.5 Å². The zero-order chi connectivity index (χ0) is 22.0. The minimum absolute atomic E-state index is 0.0713. The summed E-state index contributed by atoms with van der Waals surface area (Å²) in [6.07, 6.45) is 0. The highest BCUT2D eigenvalue weighted by Gasteiger charge is 2.19. The second-order valence-electron chi connectivity index (χ2n) is 6.52. The number of hydrogen-bond donors (Lipinski definition) is 1.